The molecule has 0 saturated heterocycles. The Labute approximate surface area is 188 Å². The molecule has 3 aromatic carbocycles. The predicted molar refractivity (Wildman–Crippen MR) is 127 cm³/mol. The summed E-state index contributed by atoms with van der Waals surface area (Å²) in [5.41, 5.74) is 7.84. The number of nitrogens with one attached hydrogen (secondary N) is 1. The van der Waals surface area contributed by atoms with Crippen molar-refractivity contribution in [1.29, 1.82) is 0 Å². The summed E-state index contributed by atoms with van der Waals surface area (Å²) in [6.45, 7) is 2.93. The highest BCUT2D eigenvalue weighted by Gasteiger charge is 2.24. The molecule has 0 amide bonds. The lowest BCUT2D eigenvalue weighted by Gasteiger charge is -2.28. The average Bonchev–Trinajstić information content (AvgIpc) is 2.79. The van der Waals surface area contributed by atoms with Gasteiger partial charge < -0.3 is 10.1 Å². The highest BCUT2D eigenvalue weighted by atomic mass is 32.2. The van der Waals surface area contributed by atoms with Gasteiger partial charge in [0, 0.05) is 24.5 Å². The van der Waals surface area contributed by atoms with Crippen molar-refractivity contribution in [2.24, 2.45) is 0 Å². The van der Waals surface area contributed by atoms with Crippen LogP contribution in [0.25, 0.3) is 11.1 Å². The Bertz CT molecular complexity index is 1270. The summed E-state index contributed by atoms with van der Waals surface area (Å²) in [6, 6.07) is 19.5. The Morgan fingerprint density at radius 3 is 2.50 bits per heavy atom. The molecule has 0 fully saturated rings. The molecule has 0 spiro atoms. The number of anilines is 2. The molecule has 0 aromatic heterocycles. The number of rotatable bonds is 5. The van der Waals surface area contributed by atoms with Crippen LogP contribution < -0.4 is 5.32 Å². The van der Waals surface area contributed by atoms with Crippen LogP contribution in [0.2, 0.25) is 0 Å². The van der Waals surface area contributed by atoms with Gasteiger partial charge in [0.25, 0.3) is 0 Å². The maximum atomic E-state index is 11.9. The van der Waals surface area contributed by atoms with E-state index in [0.29, 0.717) is 25.1 Å². The van der Waals surface area contributed by atoms with Gasteiger partial charge in [-0.15, -0.1) is 0 Å². The van der Waals surface area contributed by atoms with E-state index in [9.17, 15) is 13.2 Å². The van der Waals surface area contributed by atoms with Crippen molar-refractivity contribution >= 4 is 27.4 Å². The fourth-order valence-corrected chi connectivity index (χ4v) is 4.85. The van der Waals surface area contributed by atoms with Crippen LogP contribution in [-0.4, -0.2) is 38.6 Å². The monoisotopic (exact) mass is 450 g/mol. The molecule has 7 heteroatoms. The molecule has 0 aliphatic carbocycles. The van der Waals surface area contributed by atoms with E-state index in [1.54, 1.807) is 12.1 Å². The van der Waals surface area contributed by atoms with Gasteiger partial charge in [0.2, 0.25) is 10.0 Å². The van der Waals surface area contributed by atoms with E-state index in [1.807, 2.05) is 36.4 Å². The number of esters is 1. The first kappa shape index (κ1) is 22.0. The highest BCUT2D eigenvalue weighted by Crippen LogP contribution is 2.32. The first-order valence-electron chi connectivity index (χ1n) is 10.4. The van der Waals surface area contributed by atoms with Crippen LogP contribution in [0, 0.1) is 6.92 Å². The second-order valence-electron chi connectivity index (χ2n) is 8.01. The summed E-state index contributed by atoms with van der Waals surface area (Å²) >= 11 is 0. The molecule has 32 heavy (non-hydrogen) atoms. The van der Waals surface area contributed by atoms with Crippen LogP contribution in [0.15, 0.2) is 60.7 Å². The summed E-state index contributed by atoms with van der Waals surface area (Å²) in [5, 5.41) is 3.52. The summed E-state index contributed by atoms with van der Waals surface area (Å²) in [6.07, 6.45) is 1.92. The van der Waals surface area contributed by atoms with Gasteiger partial charge in [0.1, 0.15) is 0 Å². The molecule has 1 aliphatic rings. The molecule has 0 unspecified atom stereocenters. The van der Waals surface area contributed by atoms with Crippen LogP contribution in [0.5, 0.6) is 0 Å². The van der Waals surface area contributed by atoms with E-state index in [-0.39, 0.29) is 5.97 Å². The lowest BCUT2D eigenvalue weighted by molar-refractivity contribution is 0.0600. The molecule has 1 heterocycles. The quantitative estimate of drug-likeness (QED) is 0.579. The number of methoxy groups -OCH3 is 1. The van der Waals surface area contributed by atoms with E-state index in [2.05, 4.69) is 24.4 Å². The number of nitrogens with zero attached hydrogens (tertiary/aromatic N) is 1. The largest absolute Gasteiger partial charge is 0.465 e. The van der Waals surface area contributed by atoms with Crippen molar-refractivity contribution in [3.05, 3.63) is 82.9 Å². The molecule has 3 aromatic rings. The van der Waals surface area contributed by atoms with Crippen LogP contribution >= 0.6 is 0 Å². The van der Waals surface area contributed by atoms with Crippen molar-refractivity contribution < 1.29 is 17.9 Å². The average molecular weight is 451 g/mol. The fourth-order valence-electron chi connectivity index (χ4n) is 4.05. The van der Waals surface area contributed by atoms with Crippen LogP contribution in [0.1, 0.15) is 27.0 Å². The summed E-state index contributed by atoms with van der Waals surface area (Å²) in [7, 11) is -1.84. The van der Waals surface area contributed by atoms with Gasteiger partial charge in [0.15, 0.2) is 0 Å². The standard InChI is InChI=1S/C25H26N2O4S/c1-17-7-12-21(15-23(17)18-8-10-19(11-9-18)25(28)31-2)26-24-6-4-5-20-16-27(32(3,29)30)14-13-22(20)24/h4-12,15,26H,13-14,16H2,1-3H3. The Morgan fingerprint density at radius 2 is 1.81 bits per heavy atom. The minimum absolute atomic E-state index is 0.355. The second kappa shape index (κ2) is 8.76. The minimum Gasteiger partial charge on any atom is -0.465 e. The third kappa shape index (κ3) is 4.54. The van der Waals surface area contributed by atoms with Crippen LogP contribution in [-0.2, 0) is 27.7 Å². The van der Waals surface area contributed by atoms with Gasteiger partial charge in [-0.2, -0.15) is 4.31 Å². The highest BCUT2D eigenvalue weighted by molar-refractivity contribution is 7.88. The third-order valence-electron chi connectivity index (χ3n) is 5.83. The number of fused-ring (bicyclic) bond motifs is 1. The predicted octanol–water partition coefficient (Wildman–Crippen LogP) is 4.51. The van der Waals surface area contributed by atoms with E-state index >= 15 is 0 Å². The van der Waals surface area contributed by atoms with Gasteiger partial charge >= 0.3 is 5.97 Å². The molecule has 1 aliphatic heterocycles. The van der Waals surface area contributed by atoms with Crippen LogP contribution in [0.4, 0.5) is 11.4 Å². The molecule has 0 atom stereocenters. The third-order valence-corrected chi connectivity index (χ3v) is 7.08. The summed E-state index contributed by atoms with van der Waals surface area (Å²) < 4.78 is 30.2. The molecule has 0 bridgehead atoms. The van der Waals surface area contributed by atoms with Gasteiger partial charge in [-0.3, -0.25) is 0 Å². The fraction of sp³-hybridized carbons (Fsp3) is 0.240. The van der Waals surface area contributed by atoms with Crippen molar-refractivity contribution in [2.45, 2.75) is 19.9 Å². The maximum Gasteiger partial charge on any atom is 0.337 e. The normalized spacial score (nSPS) is 14.0. The number of aryl methyl sites for hydroxylation is 1. The zero-order valence-corrected chi connectivity index (χ0v) is 19.2. The Hall–Kier alpha value is -3.16. The first-order chi connectivity index (χ1) is 15.3. The molecule has 0 saturated carbocycles. The van der Waals surface area contributed by atoms with E-state index in [4.69, 9.17) is 4.74 Å². The Balaban J connectivity index is 1.61. The molecule has 6 nitrogen and oxygen atoms in total. The molecule has 1 N–H and O–H groups in total. The van der Waals surface area contributed by atoms with Crippen LogP contribution in [0.3, 0.4) is 0 Å². The van der Waals surface area contributed by atoms with Crippen molar-refractivity contribution in [1.82, 2.24) is 4.31 Å². The number of carbonyl (C=O) groups excluding carboxylic acids is 1. The van der Waals surface area contributed by atoms with Gasteiger partial charge in [-0.25, -0.2) is 13.2 Å². The number of sulfonamides is 1. The van der Waals surface area contributed by atoms with E-state index in [0.717, 1.165) is 39.2 Å². The maximum absolute atomic E-state index is 11.9. The molecule has 0 radical (unpaired) electrons. The summed E-state index contributed by atoms with van der Waals surface area (Å²) in [4.78, 5) is 11.7. The number of hydrogen-bond acceptors (Lipinski definition) is 5. The van der Waals surface area contributed by atoms with Crippen molar-refractivity contribution in [3.63, 3.8) is 0 Å². The lowest BCUT2D eigenvalue weighted by Crippen LogP contribution is -2.35. The molecular formula is C25H26N2O4S. The lowest BCUT2D eigenvalue weighted by atomic mass is 9.97. The van der Waals surface area contributed by atoms with Crippen molar-refractivity contribution in [3.8, 4) is 11.1 Å². The topological polar surface area (TPSA) is 75.7 Å². The Morgan fingerprint density at radius 1 is 1.06 bits per heavy atom. The first-order valence-corrected chi connectivity index (χ1v) is 12.2. The second-order valence-corrected chi connectivity index (χ2v) is 10.00. The SMILES string of the molecule is COC(=O)c1ccc(-c2cc(Nc3cccc4c3CCN(S(C)(=O)=O)C4)ccc2C)cc1. The molecule has 166 valence electrons. The zero-order chi connectivity index (χ0) is 22.9. The van der Waals surface area contributed by atoms with E-state index in [1.165, 1.54) is 17.7 Å². The molecule has 4 rings (SSSR count). The van der Waals surface area contributed by atoms with Gasteiger partial charge in [-0.1, -0.05) is 30.3 Å². The number of hydrogen-bond donors (Lipinski definition) is 1. The molecular weight excluding hydrogens is 424 g/mol. The van der Waals surface area contributed by atoms with Gasteiger partial charge in [-0.05, 0) is 71.5 Å². The van der Waals surface area contributed by atoms with Gasteiger partial charge in [0.05, 0.1) is 18.9 Å². The van der Waals surface area contributed by atoms with Crippen molar-refractivity contribution in [2.75, 3.05) is 25.2 Å². The van der Waals surface area contributed by atoms with E-state index < -0.39 is 10.0 Å². The number of benzene rings is 3. The smallest absolute Gasteiger partial charge is 0.337 e. The number of ether oxygens (including phenoxy) is 1. The summed E-state index contributed by atoms with van der Waals surface area (Å²) in [5.74, 6) is -0.355. The minimum atomic E-state index is -3.21. The zero-order valence-electron chi connectivity index (χ0n) is 18.4. The Kier molecular flexibility index (Phi) is 6.04. The number of carbonyl (C=O) groups is 1.